The van der Waals surface area contributed by atoms with E-state index in [-0.39, 0.29) is 3.57 Å². The van der Waals surface area contributed by atoms with Gasteiger partial charge in [-0.2, -0.15) is 0 Å². The second-order valence-corrected chi connectivity index (χ2v) is 6.98. The van der Waals surface area contributed by atoms with Gasteiger partial charge in [0.1, 0.15) is 0 Å². The maximum absolute atomic E-state index is 11.8. The molecule has 5 nitrogen and oxygen atoms in total. The topological polar surface area (TPSA) is 69.4 Å². The fourth-order valence-electron chi connectivity index (χ4n) is 0.887. The van der Waals surface area contributed by atoms with Gasteiger partial charge in [0.2, 0.25) is 0 Å². The van der Waals surface area contributed by atoms with Crippen LogP contribution in [0.25, 0.3) is 0 Å². The van der Waals surface area contributed by atoms with Gasteiger partial charge in [-0.15, -0.1) is 0 Å². The Bertz CT molecular complexity index is 423. The van der Waals surface area contributed by atoms with Crippen molar-refractivity contribution in [2.24, 2.45) is 0 Å². The van der Waals surface area contributed by atoms with E-state index in [1.54, 1.807) is 0 Å². The fraction of sp³-hybridized carbons (Fsp3) is 0.125. The summed E-state index contributed by atoms with van der Waals surface area (Å²) in [7, 11) is 0. The Morgan fingerprint density at radius 2 is 1.82 bits per heavy atom. The van der Waals surface area contributed by atoms with Gasteiger partial charge < -0.3 is 0 Å². The number of rotatable bonds is 3. The molecule has 0 bridgehead atoms. The Hall–Kier alpha value is -1.39. The van der Waals surface area contributed by atoms with E-state index in [2.05, 4.69) is 4.74 Å². The van der Waals surface area contributed by atoms with Gasteiger partial charge in [0.15, 0.2) is 0 Å². The number of hydrogen-bond donors (Lipinski definition) is 0. The minimum absolute atomic E-state index is 0.0176. The van der Waals surface area contributed by atoms with Gasteiger partial charge in [0.05, 0.1) is 0 Å². The second-order valence-electron chi connectivity index (χ2n) is 2.56. The summed E-state index contributed by atoms with van der Waals surface area (Å²) in [6.45, 7) is 0. The van der Waals surface area contributed by atoms with Crippen LogP contribution in [-0.2, 0) is 4.74 Å². The summed E-state index contributed by atoms with van der Waals surface area (Å²) in [5.74, 6) is 0. The summed E-state index contributed by atoms with van der Waals surface area (Å²) in [4.78, 5) is 21.7. The van der Waals surface area contributed by atoms with Crippen LogP contribution in [0.15, 0.2) is 30.3 Å². The summed E-state index contributed by atoms with van der Waals surface area (Å²) < 4.78 is 35.7. The average Bonchev–Trinajstić information content (AvgIpc) is 2.15. The van der Waals surface area contributed by atoms with Crippen molar-refractivity contribution in [2.75, 3.05) is 0 Å². The van der Waals surface area contributed by atoms with Crippen LogP contribution in [0.4, 0.5) is 18.0 Å². The summed E-state index contributed by atoms with van der Waals surface area (Å²) in [5.41, 5.74) is 0. The van der Waals surface area contributed by atoms with Crippen LogP contribution in [0.1, 0.15) is 0 Å². The number of benzene rings is 1. The van der Waals surface area contributed by atoms with Gasteiger partial charge in [-0.1, -0.05) is 0 Å². The zero-order valence-electron chi connectivity index (χ0n) is 7.98. The molecule has 1 aromatic carbocycles. The zero-order valence-corrected chi connectivity index (χ0v) is 10.1. The first-order chi connectivity index (χ1) is 7.81. The van der Waals surface area contributed by atoms with Crippen molar-refractivity contribution in [1.82, 2.24) is 0 Å². The van der Waals surface area contributed by atoms with Gasteiger partial charge in [-0.05, 0) is 0 Å². The van der Waals surface area contributed by atoms with E-state index in [0.29, 0.717) is 0 Å². The zero-order chi connectivity index (χ0) is 13.1. The van der Waals surface area contributed by atoms with Gasteiger partial charge >= 0.3 is 100 Å². The van der Waals surface area contributed by atoms with Gasteiger partial charge in [0.25, 0.3) is 0 Å². The molecular weight excluding hydrogens is 358 g/mol. The molecule has 0 aliphatic rings. The predicted molar refractivity (Wildman–Crippen MR) is 58.7 cm³/mol. The maximum atomic E-state index is 11.8. The summed E-state index contributed by atoms with van der Waals surface area (Å²) >= 11 is -3.91. The Kier molecular flexibility index (Phi) is 4.26. The first kappa shape index (κ1) is 13.7. The molecule has 17 heavy (non-hydrogen) atoms. The first-order valence-corrected chi connectivity index (χ1v) is 7.12. The molecule has 0 spiro atoms. The first-order valence-electron chi connectivity index (χ1n) is 4.00. The third kappa shape index (κ3) is 4.17. The minimum atomic E-state index is -5.20. The Labute approximate surface area is 100 Å². The van der Waals surface area contributed by atoms with E-state index in [1.807, 2.05) is 0 Å². The Morgan fingerprint density at radius 1 is 1.29 bits per heavy atom. The van der Waals surface area contributed by atoms with Crippen LogP contribution in [0.3, 0.4) is 0 Å². The predicted octanol–water partition coefficient (Wildman–Crippen LogP) is 3.21. The van der Waals surface area contributed by atoms with Crippen LogP contribution in [0, 0.1) is 13.7 Å². The van der Waals surface area contributed by atoms with Crippen LogP contribution in [0.5, 0.6) is 0 Å². The Morgan fingerprint density at radius 3 is 2.24 bits per heavy atom. The van der Waals surface area contributed by atoms with Gasteiger partial charge in [-0.25, -0.2) is 0 Å². The molecule has 0 N–H and O–H groups in total. The van der Waals surface area contributed by atoms with E-state index >= 15 is 0 Å². The molecule has 1 aromatic rings. The average molecular weight is 363 g/mol. The molecule has 0 unspecified atom stereocenters. The molecule has 0 radical (unpaired) electrons. The number of nitrogens with zero attached hydrogens (tertiary/aromatic N) is 1. The molecular formula is C8H5F3INO4. The summed E-state index contributed by atoms with van der Waals surface area (Å²) in [6, 6.07) is 6.83. The quantitative estimate of drug-likeness (QED) is 0.272. The van der Waals surface area contributed by atoms with Crippen molar-refractivity contribution >= 4 is 24.1 Å². The molecule has 0 aromatic heterocycles. The monoisotopic (exact) mass is 363 g/mol. The number of halogens is 4. The third-order valence-electron chi connectivity index (χ3n) is 1.42. The van der Waals surface area contributed by atoms with Crippen molar-refractivity contribution < 1.29 is 25.8 Å². The molecule has 0 saturated carbocycles. The van der Waals surface area contributed by atoms with Crippen LogP contribution in [-0.4, -0.2) is 13.5 Å². The SMILES string of the molecule is O=C(OC(F)(F)F)I(c1ccccc1)[N+](=O)[O-]. The molecule has 0 amide bonds. The van der Waals surface area contributed by atoms with E-state index in [0.717, 1.165) is 0 Å². The van der Waals surface area contributed by atoms with Gasteiger partial charge in [-0.3, -0.25) is 0 Å². The van der Waals surface area contributed by atoms with Crippen molar-refractivity contribution in [3.05, 3.63) is 44.0 Å². The molecule has 0 heterocycles. The van der Waals surface area contributed by atoms with E-state index in [9.17, 15) is 28.1 Å². The van der Waals surface area contributed by atoms with Crippen LogP contribution >= 0.6 is 20.1 Å². The second kappa shape index (κ2) is 5.29. The van der Waals surface area contributed by atoms with Crippen LogP contribution < -0.4 is 0 Å². The molecule has 0 atom stereocenters. The summed E-state index contributed by atoms with van der Waals surface area (Å²) in [6.07, 6.45) is -5.20. The molecule has 9 heteroatoms. The number of alkyl halides is 3. The fourth-order valence-corrected chi connectivity index (χ4v) is 3.73. The molecule has 0 aliphatic heterocycles. The molecule has 1 rings (SSSR count). The van der Waals surface area contributed by atoms with E-state index in [4.69, 9.17) is 0 Å². The number of hydrogen-bond acceptors (Lipinski definition) is 4. The normalized spacial score (nSPS) is 11.8. The van der Waals surface area contributed by atoms with Crippen molar-refractivity contribution in [3.63, 3.8) is 0 Å². The number of nitro groups is 1. The van der Waals surface area contributed by atoms with Crippen molar-refractivity contribution in [3.8, 4) is 0 Å². The third-order valence-corrected chi connectivity index (χ3v) is 5.16. The van der Waals surface area contributed by atoms with Crippen molar-refractivity contribution in [1.29, 1.82) is 0 Å². The van der Waals surface area contributed by atoms with E-state index in [1.165, 1.54) is 30.3 Å². The number of carbonyl (C=O) groups is 1. The molecule has 0 aliphatic carbocycles. The summed E-state index contributed by atoms with van der Waals surface area (Å²) in [5, 5.41) is 10.6. The molecule has 0 fully saturated rings. The molecule has 0 saturated heterocycles. The van der Waals surface area contributed by atoms with Crippen LogP contribution in [0.2, 0.25) is 0 Å². The standard InChI is InChI=1S/C8H5F3INO4/c9-8(10,11)17-7(14)12(13(15)16)6-4-2-1-3-5-6/h1-5H. The van der Waals surface area contributed by atoms with Crippen molar-refractivity contribution in [2.45, 2.75) is 6.36 Å². The van der Waals surface area contributed by atoms with E-state index < -0.39 is 33.6 Å². The molecule has 94 valence electrons. The number of ether oxygens (including phenoxy) is 1. The number of carbonyl (C=O) groups excluding carboxylic acids is 1. The Balaban J connectivity index is 2.96. The van der Waals surface area contributed by atoms with Gasteiger partial charge in [0, 0.05) is 0 Å².